The second-order valence-corrected chi connectivity index (χ2v) is 6.93. The average Bonchev–Trinajstić information content (AvgIpc) is 3.13. The van der Waals surface area contributed by atoms with Crippen LogP contribution < -0.4 is 10.6 Å². The highest BCUT2D eigenvalue weighted by Gasteiger charge is 2.27. The van der Waals surface area contributed by atoms with Crippen molar-refractivity contribution in [1.82, 2.24) is 20.3 Å². The Morgan fingerprint density at radius 2 is 2.04 bits per heavy atom. The minimum absolute atomic E-state index is 0.0670. The molecule has 1 fully saturated rings. The maximum Gasteiger partial charge on any atom is 0.404 e. The summed E-state index contributed by atoms with van der Waals surface area (Å²) < 4.78 is 0. The molecule has 2 atom stereocenters. The molecule has 0 unspecified atom stereocenters. The molecule has 8 nitrogen and oxygen atoms in total. The number of anilines is 1. The van der Waals surface area contributed by atoms with E-state index in [0.29, 0.717) is 11.5 Å². The van der Waals surface area contributed by atoms with Crippen LogP contribution in [0.15, 0.2) is 36.5 Å². The quantitative estimate of drug-likeness (QED) is 0.552. The van der Waals surface area contributed by atoms with Crippen LogP contribution in [0.5, 0.6) is 0 Å². The van der Waals surface area contributed by atoms with Crippen molar-refractivity contribution in [3.8, 4) is 17.5 Å². The molecular formula is C20H20N6O2. The van der Waals surface area contributed by atoms with Crippen LogP contribution in [0.2, 0.25) is 0 Å². The van der Waals surface area contributed by atoms with Crippen LogP contribution in [-0.4, -0.2) is 38.2 Å². The van der Waals surface area contributed by atoms with E-state index >= 15 is 0 Å². The number of benzene rings is 1. The molecule has 4 rings (SSSR count). The maximum absolute atomic E-state index is 11.1. The van der Waals surface area contributed by atoms with Gasteiger partial charge in [-0.05, 0) is 25.0 Å². The van der Waals surface area contributed by atoms with Crippen molar-refractivity contribution >= 4 is 22.8 Å². The zero-order chi connectivity index (χ0) is 19.5. The summed E-state index contributed by atoms with van der Waals surface area (Å²) in [6, 6.07) is 11.6. The molecule has 0 radical (unpaired) electrons. The maximum atomic E-state index is 11.1. The topological polar surface area (TPSA) is 127 Å². The Labute approximate surface area is 161 Å². The Morgan fingerprint density at radius 1 is 1.25 bits per heavy atom. The minimum Gasteiger partial charge on any atom is -0.465 e. The van der Waals surface area contributed by atoms with Gasteiger partial charge in [-0.1, -0.05) is 31.0 Å². The zero-order valence-corrected chi connectivity index (χ0v) is 15.1. The predicted molar refractivity (Wildman–Crippen MR) is 105 cm³/mol. The molecular weight excluding hydrogens is 356 g/mol. The van der Waals surface area contributed by atoms with Crippen LogP contribution in [0.4, 0.5) is 10.6 Å². The van der Waals surface area contributed by atoms with E-state index in [9.17, 15) is 10.1 Å². The van der Waals surface area contributed by atoms with Gasteiger partial charge in [-0.3, -0.25) is 0 Å². The number of carboxylic acid groups (broad SMARTS) is 1. The summed E-state index contributed by atoms with van der Waals surface area (Å²) in [4.78, 5) is 23.2. The third-order valence-corrected chi connectivity index (χ3v) is 5.07. The van der Waals surface area contributed by atoms with Crippen LogP contribution in [0.1, 0.15) is 31.4 Å². The first kappa shape index (κ1) is 17.8. The van der Waals surface area contributed by atoms with E-state index in [2.05, 4.69) is 31.7 Å². The Bertz CT molecular complexity index is 1020. The molecule has 3 aromatic rings. The number of hydrogen-bond donors (Lipinski definition) is 4. The van der Waals surface area contributed by atoms with E-state index in [1.807, 2.05) is 30.3 Å². The van der Waals surface area contributed by atoms with Gasteiger partial charge in [0.2, 0.25) is 0 Å². The average molecular weight is 376 g/mol. The SMILES string of the molecule is N#Cc1ncc(N[C@@H]2CCCC[C@H]2NC(=O)O)nc1-c1cc2ccccc2[nH]1. The van der Waals surface area contributed by atoms with Crippen LogP contribution >= 0.6 is 0 Å². The standard InChI is InChI=1S/C20H20N6O2/c21-10-17-19(16-9-12-5-1-2-6-13(12)23-16)26-18(11-22-17)24-14-7-3-4-8-15(14)25-20(27)28/h1-2,5-6,9,11,14-15,23,25H,3-4,7-8H2,(H,24,26)(H,27,28)/t14-,15-/m1/s1. The lowest BCUT2D eigenvalue weighted by Crippen LogP contribution is -2.48. The Morgan fingerprint density at radius 3 is 2.79 bits per heavy atom. The molecule has 0 aliphatic heterocycles. The van der Waals surface area contributed by atoms with Gasteiger partial charge >= 0.3 is 6.09 Å². The van der Waals surface area contributed by atoms with E-state index < -0.39 is 6.09 Å². The van der Waals surface area contributed by atoms with Crippen molar-refractivity contribution in [1.29, 1.82) is 5.26 Å². The monoisotopic (exact) mass is 376 g/mol. The molecule has 0 bridgehead atoms. The molecule has 1 aromatic carbocycles. The van der Waals surface area contributed by atoms with Crippen molar-refractivity contribution < 1.29 is 9.90 Å². The number of rotatable bonds is 4. The van der Waals surface area contributed by atoms with E-state index in [1.54, 1.807) is 0 Å². The second kappa shape index (κ2) is 7.56. The smallest absolute Gasteiger partial charge is 0.404 e. The highest BCUT2D eigenvalue weighted by Crippen LogP contribution is 2.27. The third-order valence-electron chi connectivity index (χ3n) is 5.07. The Balaban J connectivity index is 1.65. The summed E-state index contributed by atoms with van der Waals surface area (Å²) in [7, 11) is 0. The minimum atomic E-state index is -1.02. The number of nitrogens with one attached hydrogen (secondary N) is 3. The van der Waals surface area contributed by atoms with Gasteiger partial charge in [-0.2, -0.15) is 5.26 Å². The number of aromatic nitrogens is 3. The van der Waals surface area contributed by atoms with Crippen molar-refractivity contribution in [2.75, 3.05) is 5.32 Å². The number of carbonyl (C=O) groups is 1. The lowest BCUT2D eigenvalue weighted by molar-refractivity contribution is 0.184. The molecule has 1 amide bonds. The van der Waals surface area contributed by atoms with Gasteiger partial charge in [-0.15, -0.1) is 0 Å². The van der Waals surface area contributed by atoms with Crippen LogP contribution in [0, 0.1) is 11.3 Å². The van der Waals surface area contributed by atoms with Gasteiger partial charge < -0.3 is 20.7 Å². The van der Waals surface area contributed by atoms with E-state index in [0.717, 1.165) is 42.3 Å². The number of H-pyrrole nitrogens is 1. The predicted octanol–water partition coefficient (Wildman–Crippen LogP) is 3.49. The molecule has 1 aliphatic rings. The number of aromatic amines is 1. The first-order valence-corrected chi connectivity index (χ1v) is 9.25. The summed E-state index contributed by atoms with van der Waals surface area (Å²) >= 11 is 0. The van der Waals surface area contributed by atoms with Gasteiger partial charge in [-0.25, -0.2) is 14.8 Å². The van der Waals surface area contributed by atoms with E-state index in [1.165, 1.54) is 6.20 Å². The van der Waals surface area contributed by atoms with Gasteiger partial charge in [0.25, 0.3) is 0 Å². The molecule has 0 spiro atoms. The number of nitrogens with zero attached hydrogens (tertiary/aromatic N) is 3. The molecule has 2 heterocycles. The summed E-state index contributed by atoms with van der Waals surface area (Å²) in [5.74, 6) is 0.525. The van der Waals surface area contributed by atoms with Gasteiger partial charge in [0.15, 0.2) is 5.69 Å². The number of fused-ring (bicyclic) bond motifs is 1. The van der Waals surface area contributed by atoms with Crippen LogP contribution in [-0.2, 0) is 0 Å². The molecule has 28 heavy (non-hydrogen) atoms. The Kier molecular flexibility index (Phi) is 4.81. The van der Waals surface area contributed by atoms with Crippen molar-refractivity contribution in [2.45, 2.75) is 37.8 Å². The lowest BCUT2D eigenvalue weighted by Gasteiger charge is -2.32. The van der Waals surface area contributed by atoms with Gasteiger partial charge in [0.1, 0.15) is 17.6 Å². The molecule has 0 saturated heterocycles. The molecule has 1 saturated carbocycles. The first-order chi connectivity index (χ1) is 13.6. The highest BCUT2D eigenvalue weighted by molar-refractivity contribution is 5.86. The molecule has 4 N–H and O–H groups in total. The third kappa shape index (κ3) is 3.60. The fourth-order valence-corrected chi connectivity index (χ4v) is 3.75. The largest absolute Gasteiger partial charge is 0.465 e. The van der Waals surface area contributed by atoms with Gasteiger partial charge in [0.05, 0.1) is 17.9 Å². The molecule has 1 aliphatic carbocycles. The van der Waals surface area contributed by atoms with Gasteiger partial charge in [0, 0.05) is 16.9 Å². The number of para-hydroxylation sites is 1. The lowest BCUT2D eigenvalue weighted by atomic mass is 9.90. The highest BCUT2D eigenvalue weighted by atomic mass is 16.4. The summed E-state index contributed by atoms with van der Waals surface area (Å²) in [5, 5.41) is 25.4. The zero-order valence-electron chi connectivity index (χ0n) is 15.1. The number of amides is 1. The first-order valence-electron chi connectivity index (χ1n) is 9.25. The fraction of sp³-hybridized carbons (Fsp3) is 0.300. The summed E-state index contributed by atoms with van der Waals surface area (Å²) in [5.41, 5.74) is 2.39. The fourth-order valence-electron chi connectivity index (χ4n) is 3.75. The summed E-state index contributed by atoms with van der Waals surface area (Å²) in [6.07, 6.45) is 4.13. The summed E-state index contributed by atoms with van der Waals surface area (Å²) in [6.45, 7) is 0. The van der Waals surface area contributed by atoms with Crippen LogP contribution in [0.25, 0.3) is 22.3 Å². The number of nitriles is 1. The molecule has 2 aromatic heterocycles. The molecule has 142 valence electrons. The normalized spacial score (nSPS) is 19.1. The van der Waals surface area contributed by atoms with E-state index in [4.69, 9.17) is 5.11 Å². The molecule has 8 heteroatoms. The second-order valence-electron chi connectivity index (χ2n) is 6.93. The Hall–Kier alpha value is -3.60. The number of hydrogen-bond acceptors (Lipinski definition) is 5. The van der Waals surface area contributed by atoms with Crippen molar-refractivity contribution in [2.24, 2.45) is 0 Å². The van der Waals surface area contributed by atoms with E-state index in [-0.39, 0.29) is 17.8 Å². The van der Waals surface area contributed by atoms with Crippen LogP contribution in [0.3, 0.4) is 0 Å². The van der Waals surface area contributed by atoms with Crippen molar-refractivity contribution in [3.05, 3.63) is 42.2 Å². The van der Waals surface area contributed by atoms with Crippen molar-refractivity contribution in [3.63, 3.8) is 0 Å².